The van der Waals surface area contributed by atoms with Crippen LogP contribution < -0.4 is 5.73 Å². The van der Waals surface area contributed by atoms with E-state index in [1.165, 1.54) is 6.42 Å². The lowest BCUT2D eigenvalue weighted by molar-refractivity contribution is 0.0729. The van der Waals surface area contributed by atoms with Crippen LogP contribution in [0.25, 0.3) is 0 Å². The molecule has 0 atom stereocenters. The summed E-state index contributed by atoms with van der Waals surface area (Å²) in [7, 11) is 0. The predicted octanol–water partition coefficient (Wildman–Crippen LogP) is 4.09. The van der Waals surface area contributed by atoms with Gasteiger partial charge in [-0.3, -0.25) is 4.79 Å². The van der Waals surface area contributed by atoms with Gasteiger partial charge in [-0.25, -0.2) is 0 Å². The summed E-state index contributed by atoms with van der Waals surface area (Å²) in [4.78, 5) is 12.6. The average Bonchev–Trinajstić information content (AvgIpc) is 2.42. The molecule has 0 heterocycles. The molecule has 0 amide bonds. The van der Waals surface area contributed by atoms with Crippen LogP contribution in [0.1, 0.15) is 42.5 Å². The van der Waals surface area contributed by atoms with E-state index in [1.807, 2.05) is 0 Å². The summed E-state index contributed by atoms with van der Waals surface area (Å²) in [5.74, 6) is 0.114. The molecule has 98 valence electrons. The standard InChI is InChI=1S/C14H17Cl2NO/c15-11-5-4-10(8-12(11)16)13(18)14(9-17)6-2-1-3-7-14/h4-5,8H,1-3,6-7,9,17H2. The highest BCUT2D eigenvalue weighted by Crippen LogP contribution is 2.39. The fourth-order valence-electron chi connectivity index (χ4n) is 2.70. The van der Waals surface area contributed by atoms with Crippen LogP contribution in [0.5, 0.6) is 0 Å². The van der Waals surface area contributed by atoms with Gasteiger partial charge in [-0.2, -0.15) is 0 Å². The zero-order chi connectivity index (χ0) is 13.2. The van der Waals surface area contributed by atoms with E-state index in [0.717, 1.165) is 25.7 Å². The second-order valence-electron chi connectivity index (χ2n) is 5.00. The van der Waals surface area contributed by atoms with Crippen molar-refractivity contribution in [3.8, 4) is 0 Å². The Labute approximate surface area is 117 Å². The first-order valence-corrected chi connectivity index (χ1v) is 7.04. The molecule has 1 saturated carbocycles. The van der Waals surface area contributed by atoms with Crippen molar-refractivity contribution in [2.45, 2.75) is 32.1 Å². The number of carbonyl (C=O) groups is 1. The number of hydrogen-bond donors (Lipinski definition) is 1. The van der Waals surface area contributed by atoms with Crippen LogP contribution in [-0.4, -0.2) is 12.3 Å². The molecule has 1 fully saturated rings. The minimum absolute atomic E-state index is 0.114. The van der Waals surface area contributed by atoms with Gasteiger partial charge in [-0.1, -0.05) is 42.5 Å². The summed E-state index contributed by atoms with van der Waals surface area (Å²) in [5, 5.41) is 0.893. The first-order valence-electron chi connectivity index (χ1n) is 6.29. The largest absolute Gasteiger partial charge is 0.329 e. The van der Waals surface area contributed by atoms with Crippen molar-refractivity contribution in [3.63, 3.8) is 0 Å². The third kappa shape index (κ3) is 2.56. The number of ketones is 1. The summed E-state index contributed by atoms with van der Waals surface area (Å²) < 4.78 is 0. The van der Waals surface area contributed by atoms with Crippen molar-refractivity contribution in [2.24, 2.45) is 11.1 Å². The summed E-state index contributed by atoms with van der Waals surface area (Å²) in [6, 6.07) is 5.06. The van der Waals surface area contributed by atoms with Crippen molar-refractivity contribution in [1.82, 2.24) is 0 Å². The van der Waals surface area contributed by atoms with Crippen molar-refractivity contribution in [3.05, 3.63) is 33.8 Å². The predicted molar refractivity (Wildman–Crippen MR) is 75.4 cm³/mol. The maximum absolute atomic E-state index is 12.6. The first-order chi connectivity index (χ1) is 8.59. The van der Waals surface area contributed by atoms with Crippen LogP contribution in [0.4, 0.5) is 0 Å². The summed E-state index contributed by atoms with van der Waals surface area (Å²) in [5.41, 5.74) is 6.09. The molecule has 18 heavy (non-hydrogen) atoms. The maximum atomic E-state index is 12.6. The van der Waals surface area contributed by atoms with E-state index in [0.29, 0.717) is 22.2 Å². The van der Waals surface area contributed by atoms with E-state index in [2.05, 4.69) is 0 Å². The average molecular weight is 286 g/mol. The molecule has 2 nitrogen and oxygen atoms in total. The van der Waals surface area contributed by atoms with Crippen LogP contribution in [0, 0.1) is 5.41 Å². The lowest BCUT2D eigenvalue weighted by Crippen LogP contribution is -2.40. The Balaban J connectivity index is 2.30. The van der Waals surface area contributed by atoms with Crippen molar-refractivity contribution >= 4 is 29.0 Å². The van der Waals surface area contributed by atoms with Gasteiger partial charge in [-0.15, -0.1) is 0 Å². The van der Waals surface area contributed by atoms with Crippen LogP contribution >= 0.6 is 23.2 Å². The lowest BCUT2D eigenvalue weighted by atomic mass is 9.69. The molecular formula is C14H17Cl2NO. The van der Waals surface area contributed by atoms with Gasteiger partial charge < -0.3 is 5.73 Å². The quantitative estimate of drug-likeness (QED) is 0.850. The lowest BCUT2D eigenvalue weighted by Gasteiger charge is -2.34. The second kappa shape index (κ2) is 5.60. The van der Waals surface area contributed by atoms with Crippen LogP contribution in [-0.2, 0) is 0 Å². The van der Waals surface area contributed by atoms with Crippen LogP contribution in [0.15, 0.2) is 18.2 Å². The van der Waals surface area contributed by atoms with Gasteiger partial charge in [0.05, 0.1) is 10.0 Å². The molecule has 1 aliphatic rings. The molecule has 1 aromatic rings. The van der Waals surface area contributed by atoms with E-state index in [9.17, 15) is 4.79 Å². The Morgan fingerprint density at radius 1 is 1.17 bits per heavy atom. The Morgan fingerprint density at radius 2 is 1.83 bits per heavy atom. The van der Waals surface area contributed by atoms with Crippen molar-refractivity contribution in [2.75, 3.05) is 6.54 Å². The molecule has 1 aliphatic carbocycles. The number of benzene rings is 1. The second-order valence-corrected chi connectivity index (χ2v) is 5.82. The fourth-order valence-corrected chi connectivity index (χ4v) is 2.99. The molecule has 0 bridgehead atoms. The highest BCUT2D eigenvalue weighted by molar-refractivity contribution is 6.42. The number of halogens is 2. The summed E-state index contributed by atoms with van der Waals surface area (Å²) in [6.45, 7) is 0.409. The molecule has 2 rings (SSSR count). The third-order valence-corrected chi connectivity index (χ3v) is 4.60. The van der Waals surface area contributed by atoms with Gasteiger partial charge in [0.25, 0.3) is 0 Å². The molecule has 4 heteroatoms. The van der Waals surface area contributed by atoms with E-state index >= 15 is 0 Å². The smallest absolute Gasteiger partial charge is 0.170 e. The minimum Gasteiger partial charge on any atom is -0.329 e. The normalized spacial score (nSPS) is 18.6. The Bertz CT molecular complexity index is 453. The third-order valence-electron chi connectivity index (χ3n) is 3.86. The molecule has 0 radical (unpaired) electrons. The topological polar surface area (TPSA) is 43.1 Å². The first kappa shape index (κ1) is 13.9. The number of hydrogen-bond acceptors (Lipinski definition) is 2. The SMILES string of the molecule is NCC1(C(=O)c2ccc(Cl)c(Cl)c2)CCCCC1. The summed E-state index contributed by atoms with van der Waals surface area (Å²) in [6.07, 6.45) is 5.09. The molecule has 0 spiro atoms. The van der Waals surface area contributed by atoms with Crippen LogP contribution in [0.2, 0.25) is 10.0 Å². The molecule has 0 aliphatic heterocycles. The molecule has 0 aromatic heterocycles. The van der Waals surface area contributed by atoms with Gasteiger partial charge in [0.15, 0.2) is 5.78 Å². The molecular weight excluding hydrogens is 269 g/mol. The van der Waals surface area contributed by atoms with Gasteiger partial charge in [0.2, 0.25) is 0 Å². The fraction of sp³-hybridized carbons (Fsp3) is 0.500. The van der Waals surface area contributed by atoms with E-state index in [-0.39, 0.29) is 5.78 Å². The van der Waals surface area contributed by atoms with Gasteiger partial charge in [0, 0.05) is 17.5 Å². The number of nitrogens with two attached hydrogens (primary N) is 1. The minimum atomic E-state index is -0.393. The number of rotatable bonds is 3. The highest BCUT2D eigenvalue weighted by atomic mass is 35.5. The number of carbonyl (C=O) groups excluding carboxylic acids is 1. The molecule has 0 unspecified atom stereocenters. The zero-order valence-electron chi connectivity index (χ0n) is 10.2. The monoisotopic (exact) mass is 285 g/mol. The highest BCUT2D eigenvalue weighted by Gasteiger charge is 2.38. The van der Waals surface area contributed by atoms with Gasteiger partial charge >= 0.3 is 0 Å². The van der Waals surface area contributed by atoms with E-state index in [1.54, 1.807) is 18.2 Å². The summed E-state index contributed by atoms with van der Waals surface area (Å²) >= 11 is 11.8. The Hall–Kier alpha value is -0.570. The van der Waals surface area contributed by atoms with E-state index < -0.39 is 5.41 Å². The molecule has 0 saturated heterocycles. The number of Topliss-reactive ketones (excluding diaryl/α,β-unsaturated/α-hetero) is 1. The van der Waals surface area contributed by atoms with Crippen LogP contribution in [0.3, 0.4) is 0 Å². The molecule has 2 N–H and O–H groups in total. The molecule has 1 aromatic carbocycles. The zero-order valence-corrected chi connectivity index (χ0v) is 11.7. The Kier molecular flexibility index (Phi) is 4.31. The maximum Gasteiger partial charge on any atom is 0.170 e. The van der Waals surface area contributed by atoms with Crippen molar-refractivity contribution < 1.29 is 4.79 Å². The van der Waals surface area contributed by atoms with Crippen molar-refractivity contribution in [1.29, 1.82) is 0 Å². The van der Waals surface area contributed by atoms with E-state index in [4.69, 9.17) is 28.9 Å². The van der Waals surface area contributed by atoms with Gasteiger partial charge in [-0.05, 0) is 31.0 Å². The Morgan fingerprint density at radius 3 is 2.39 bits per heavy atom. The van der Waals surface area contributed by atoms with Gasteiger partial charge in [0.1, 0.15) is 0 Å².